The van der Waals surface area contributed by atoms with Crippen molar-refractivity contribution in [2.75, 3.05) is 0 Å². The van der Waals surface area contributed by atoms with Crippen molar-refractivity contribution in [1.82, 2.24) is 9.78 Å². The van der Waals surface area contributed by atoms with Crippen molar-refractivity contribution in [1.29, 1.82) is 0 Å². The maximum Gasteiger partial charge on any atom is 0.0924 e. The third-order valence-electron chi connectivity index (χ3n) is 3.65. The van der Waals surface area contributed by atoms with E-state index in [2.05, 4.69) is 34.9 Å². The van der Waals surface area contributed by atoms with Crippen molar-refractivity contribution in [3.8, 4) is 0 Å². The fourth-order valence-electron chi connectivity index (χ4n) is 2.44. The van der Waals surface area contributed by atoms with Crippen molar-refractivity contribution < 1.29 is 5.11 Å². The van der Waals surface area contributed by atoms with Gasteiger partial charge in [-0.05, 0) is 53.9 Å². The van der Waals surface area contributed by atoms with Crippen LogP contribution in [0.4, 0.5) is 0 Å². The summed E-state index contributed by atoms with van der Waals surface area (Å²) in [5.74, 6) is 0. The lowest BCUT2D eigenvalue weighted by atomic mass is 9.91. The zero-order chi connectivity index (χ0) is 15.6. The summed E-state index contributed by atoms with van der Waals surface area (Å²) in [6.45, 7) is 6.71. The highest BCUT2D eigenvalue weighted by molar-refractivity contribution is 9.10. The zero-order valence-corrected chi connectivity index (χ0v) is 14.9. The number of nitrogens with zero attached hydrogens (tertiary/aromatic N) is 2. The minimum Gasteiger partial charge on any atom is -0.385 e. The molecule has 1 aromatic carbocycles. The van der Waals surface area contributed by atoms with Crippen LogP contribution in [0.15, 0.2) is 28.7 Å². The molecule has 0 spiro atoms. The first-order valence-electron chi connectivity index (χ1n) is 7.11. The molecule has 1 N–H and O–H groups in total. The van der Waals surface area contributed by atoms with E-state index in [1.54, 1.807) is 0 Å². The van der Waals surface area contributed by atoms with E-state index in [9.17, 15) is 5.11 Å². The predicted molar refractivity (Wildman–Crippen MR) is 89.7 cm³/mol. The van der Waals surface area contributed by atoms with Gasteiger partial charge in [0.05, 0.1) is 21.5 Å². The van der Waals surface area contributed by atoms with E-state index in [1.165, 1.54) is 0 Å². The summed E-state index contributed by atoms with van der Waals surface area (Å²) in [4.78, 5) is 0. The lowest BCUT2D eigenvalue weighted by Gasteiger charge is -2.24. The molecule has 0 saturated heterocycles. The molecule has 1 unspecified atom stereocenters. The standard InChI is InChI=1S/C16H20BrClN2O/c1-4-13-15(17)14(20(5-2)19-13)10-16(3,21)11-7-6-8-12(18)9-11/h6-9,21H,4-5,10H2,1-3H3. The molecule has 0 aliphatic carbocycles. The van der Waals surface area contributed by atoms with E-state index in [0.717, 1.165) is 34.4 Å². The number of benzene rings is 1. The highest BCUT2D eigenvalue weighted by atomic mass is 79.9. The van der Waals surface area contributed by atoms with E-state index in [4.69, 9.17) is 11.6 Å². The van der Waals surface area contributed by atoms with E-state index in [-0.39, 0.29) is 0 Å². The Labute approximate surface area is 139 Å². The van der Waals surface area contributed by atoms with Gasteiger partial charge in [0, 0.05) is 18.0 Å². The van der Waals surface area contributed by atoms with Crippen LogP contribution in [0.1, 0.15) is 37.7 Å². The Morgan fingerprint density at radius 1 is 1.38 bits per heavy atom. The Bertz CT molecular complexity index is 637. The van der Waals surface area contributed by atoms with Crippen molar-refractivity contribution in [3.63, 3.8) is 0 Å². The summed E-state index contributed by atoms with van der Waals surface area (Å²) in [6.07, 6.45) is 1.34. The molecule has 2 aromatic rings. The van der Waals surface area contributed by atoms with Gasteiger partial charge in [0.25, 0.3) is 0 Å². The minimum absolute atomic E-state index is 0.481. The predicted octanol–water partition coefficient (Wildman–Crippen LogP) is 4.33. The van der Waals surface area contributed by atoms with Gasteiger partial charge < -0.3 is 5.11 Å². The van der Waals surface area contributed by atoms with Gasteiger partial charge >= 0.3 is 0 Å². The molecule has 2 rings (SSSR count). The number of hydrogen-bond acceptors (Lipinski definition) is 2. The molecule has 0 fully saturated rings. The number of aliphatic hydroxyl groups is 1. The Kier molecular flexibility index (Phi) is 5.12. The summed E-state index contributed by atoms with van der Waals surface area (Å²) in [5.41, 5.74) is 1.85. The second kappa shape index (κ2) is 6.51. The summed E-state index contributed by atoms with van der Waals surface area (Å²) in [7, 11) is 0. The van der Waals surface area contributed by atoms with E-state index >= 15 is 0 Å². The molecule has 1 atom stereocenters. The van der Waals surface area contributed by atoms with Gasteiger partial charge in [-0.3, -0.25) is 4.68 Å². The summed E-state index contributed by atoms with van der Waals surface area (Å²) in [6, 6.07) is 7.37. The molecule has 21 heavy (non-hydrogen) atoms. The number of aryl methyl sites for hydroxylation is 2. The van der Waals surface area contributed by atoms with Crippen LogP contribution in [0.3, 0.4) is 0 Å². The van der Waals surface area contributed by atoms with Crippen molar-refractivity contribution in [3.05, 3.63) is 50.7 Å². The maximum absolute atomic E-state index is 10.9. The fourth-order valence-corrected chi connectivity index (χ4v) is 3.33. The Morgan fingerprint density at radius 2 is 2.10 bits per heavy atom. The third kappa shape index (κ3) is 3.50. The summed E-state index contributed by atoms with van der Waals surface area (Å²) in [5, 5.41) is 16.1. The van der Waals surface area contributed by atoms with Gasteiger partial charge in [-0.1, -0.05) is 30.7 Å². The highest BCUT2D eigenvalue weighted by Crippen LogP contribution is 2.31. The Morgan fingerprint density at radius 3 is 2.67 bits per heavy atom. The van der Waals surface area contributed by atoms with Crippen molar-refractivity contribution >= 4 is 27.5 Å². The normalized spacial score (nSPS) is 14.2. The molecule has 0 radical (unpaired) electrons. The van der Waals surface area contributed by atoms with Gasteiger partial charge in [0.2, 0.25) is 0 Å². The van der Waals surface area contributed by atoms with Crippen molar-refractivity contribution in [2.45, 2.75) is 45.8 Å². The first-order chi connectivity index (χ1) is 9.89. The molecule has 0 saturated carbocycles. The Hall–Kier alpha value is -0.840. The van der Waals surface area contributed by atoms with E-state index < -0.39 is 5.60 Å². The summed E-state index contributed by atoms with van der Waals surface area (Å²) >= 11 is 9.65. The van der Waals surface area contributed by atoms with Crippen LogP contribution in [-0.4, -0.2) is 14.9 Å². The number of hydrogen-bond donors (Lipinski definition) is 1. The van der Waals surface area contributed by atoms with Crippen LogP contribution in [0.2, 0.25) is 5.02 Å². The molecule has 0 amide bonds. The average Bonchev–Trinajstić information content (AvgIpc) is 2.75. The minimum atomic E-state index is -0.995. The van der Waals surface area contributed by atoms with Crippen molar-refractivity contribution in [2.24, 2.45) is 0 Å². The topological polar surface area (TPSA) is 38.0 Å². The number of rotatable bonds is 5. The fraction of sp³-hybridized carbons (Fsp3) is 0.438. The number of aromatic nitrogens is 2. The first kappa shape index (κ1) is 16.5. The Balaban J connectivity index is 2.38. The average molecular weight is 372 g/mol. The molecule has 0 bridgehead atoms. The second-order valence-corrected chi connectivity index (χ2v) is 6.57. The smallest absolute Gasteiger partial charge is 0.0924 e. The molecule has 1 aromatic heterocycles. The second-order valence-electron chi connectivity index (χ2n) is 5.34. The quantitative estimate of drug-likeness (QED) is 0.849. The van der Waals surface area contributed by atoms with Crippen LogP contribution >= 0.6 is 27.5 Å². The highest BCUT2D eigenvalue weighted by Gasteiger charge is 2.28. The molecular formula is C16H20BrClN2O. The molecule has 114 valence electrons. The van der Waals surface area contributed by atoms with Crippen LogP contribution in [0, 0.1) is 0 Å². The molecule has 3 nitrogen and oxygen atoms in total. The van der Waals surface area contributed by atoms with Gasteiger partial charge in [0.1, 0.15) is 0 Å². The van der Waals surface area contributed by atoms with Crippen LogP contribution in [-0.2, 0) is 25.0 Å². The number of halogens is 2. The van der Waals surface area contributed by atoms with Gasteiger partial charge in [-0.2, -0.15) is 5.10 Å². The third-order valence-corrected chi connectivity index (χ3v) is 4.80. The molecule has 5 heteroatoms. The summed E-state index contributed by atoms with van der Waals surface area (Å²) < 4.78 is 2.94. The van der Waals surface area contributed by atoms with Crippen LogP contribution in [0.25, 0.3) is 0 Å². The molecule has 1 heterocycles. The lowest BCUT2D eigenvalue weighted by Crippen LogP contribution is -2.26. The maximum atomic E-state index is 10.9. The van der Waals surface area contributed by atoms with Gasteiger partial charge in [-0.15, -0.1) is 0 Å². The van der Waals surface area contributed by atoms with Crippen LogP contribution in [0.5, 0.6) is 0 Å². The van der Waals surface area contributed by atoms with E-state index in [0.29, 0.717) is 11.4 Å². The monoisotopic (exact) mass is 370 g/mol. The van der Waals surface area contributed by atoms with Crippen LogP contribution < -0.4 is 0 Å². The molecule has 0 aliphatic heterocycles. The molecular weight excluding hydrogens is 352 g/mol. The zero-order valence-electron chi connectivity index (χ0n) is 12.5. The largest absolute Gasteiger partial charge is 0.385 e. The van der Waals surface area contributed by atoms with E-state index in [1.807, 2.05) is 35.9 Å². The van der Waals surface area contributed by atoms with Gasteiger partial charge in [-0.25, -0.2) is 0 Å². The first-order valence-corrected chi connectivity index (χ1v) is 8.28. The van der Waals surface area contributed by atoms with Gasteiger partial charge in [0.15, 0.2) is 0 Å². The molecule has 0 aliphatic rings. The SMILES string of the molecule is CCc1nn(CC)c(CC(C)(O)c2cccc(Cl)c2)c1Br. The lowest BCUT2D eigenvalue weighted by molar-refractivity contribution is 0.0552.